The molecule has 5 rings (SSSR count). The highest BCUT2D eigenvalue weighted by Gasteiger charge is 2.40. The number of fused-ring (bicyclic) bond motifs is 2. The molecule has 40 heavy (non-hydrogen) atoms. The fourth-order valence-corrected chi connectivity index (χ4v) is 6.51. The molecule has 0 fully saturated rings. The van der Waals surface area contributed by atoms with Gasteiger partial charge in [0.15, 0.2) is 0 Å². The summed E-state index contributed by atoms with van der Waals surface area (Å²) >= 11 is 0. The fourth-order valence-electron chi connectivity index (χ4n) is 5.11. The number of nitrogens with one attached hydrogen (secondary N) is 1. The zero-order valence-corrected chi connectivity index (χ0v) is 24.1. The summed E-state index contributed by atoms with van der Waals surface area (Å²) in [4.78, 5) is 18.0. The van der Waals surface area contributed by atoms with Crippen molar-refractivity contribution in [3.8, 4) is 22.6 Å². The van der Waals surface area contributed by atoms with Crippen LogP contribution >= 0.6 is 0 Å². The molecule has 0 bridgehead atoms. The molecule has 0 saturated carbocycles. The Morgan fingerprint density at radius 3 is 2.65 bits per heavy atom. The van der Waals surface area contributed by atoms with E-state index < -0.39 is 15.7 Å². The van der Waals surface area contributed by atoms with E-state index in [-0.39, 0.29) is 24.2 Å². The first-order chi connectivity index (χ1) is 19.2. The van der Waals surface area contributed by atoms with Gasteiger partial charge in [0.1, 0.15) is 28.0 Å². The largest absolute Gasteiger partial charge is 0.456 e. The topological polar surface area (TPSA) is 105 Å². The van der Waals surface area contributed by atoms with Crippen molar-refractivity contribution in [3.05, 3.63) is 77.5 Å². The average Bonchev–Trinajstić information content (AvgIpc) is 3.54. The maximum Gasteiger partial charge on any atom is 0.269 e. The number of hydrogen-bond donors (Lipinski definition) is 2. The Morgan fingerprint density at radius 2 is 1.93 bits per heavy atom. The van der Waals surface area contributed by atoms with Crippen molar-refractivity contribution in [1.29, 1.82) is 0 Å². The first-order valence-corrected chi connectivity index (χ1v) is 14.5. The average molecular weight is 562 g/mol. The van der Waals surface area contributed by atoms with Gasteiger partial charge in [-0.25, -0.2) is 13.5 Å². The molecular formula is C31H35N3O5S. The molecule has 1 aliphatic heterocycles. The van der Waals surface area contributed by atoms with Crippen molar-refractivity contribution in [2.45, 2.75) is 44.5 Å². The second-order valence-corrected chi connectivity index (χ2v) is 13.1. The van der Waals surface area contributed by atoms with E-state index in [9.17, 15) is 14.1 Å². The number of ether oxygens (including phenoxy) is 1. The molecule has 4 aromatic rings. The molecule has 2 aromatic heterocycles. The Hall–Kier alpha value is -3.37. The summed E-state index contributed by atoms with van der Waals surface area (Å²) in [6.07, 6.45) is 0.395. The van der Waals surface area contributed by atoms with Crippen molar-refractivity contribution in [2.24, 2.45) is 0 Å². The Kier molecular flexibility index (Phi) is 8.19. The van der Waals surface area contributed by atoms with Gasteiger partial charge >= 0.3 is 0 Å². The molecule has 2 N–H and O–H groups in total. The number of benzene rings is 2. The third kappa shape index (κ3) is 5.60. The van der Waals surface area contributed by atoms with Crippen LogP contribution in [0.3, 0.4) is 0 Å². The standard InChI is InChI=1S/C31H35N3O5S/c1-31(2,3)40(37)34-19-23-17-24(30(36)32-13-15-38-4)33-29(28(23)25(34)12-14-35)22-10-7-9-20(16-22)27-18-21-8-5-6-11-26(21)39-27/h5-11,16-18,25,35H,12-15,19H2,1-4H3,(H,32,36)/t25-,40-/m0/s1. The predicted molar refractivity (Wildman–Crippen MR) is 157 cm³/mol. The molecule has 0 aliphatic carbocycles. The molecule has 1 aliphatic rings. The van der Waals surface area contributed by atoms with Crippen LogP contribution in [0.15, 0.2) is 65.1 Å². The van der Waals surface area contributed by atoms with Gasteiger partial charge in [0.25, 0.3) is 5.91 Å². The summed E-state index contributed by atoms with van der Waals surface area (Å²) in [5.41, 5.74) is 5.19. The molecule has 2 atom stereocenters. The van der Waals surface area contributed by atoms with Crippen molar-refractivity contribution in [2.75, 3.05) is 26.9 Å². The van der Waals surface area contributed by atoms with Gasteiger partial charge in [-0.05, 0) is 57.0 Å². The summed E-state index contributed by atoms with van der Waals surface area (Å²) < 4.78 is 26.2. The zero-order chi connectivity index (χ0) is 28.4. The Balaban J connectivity index is 1.64. The van der Waals surface area contributed by atoms with Crippen molar-refractivity contribution < 1.29 is 23.3 Å². The number of rotatable bonds is 9. The van der Waals surface area contributed by atoms with Gasteiger partial charge in [0, 0.05) is 48.9 Å². The number of carbonyl (C=O) groups is 1. The minimum atomic E-state index is -1.34. The number of amides is 1. The normalized spacial score (nSPS) is 16.3. The van der Waals surface area contributed by atoms with Crippen LogP contribution in [-0.2, 0) is 22.3 Å². The van der Waals surface area contributed by atoms with Gasteiger partial charge in [-0.2, -0.15) is 0 Å². The molecule has 0 unspecified atom stereocenters. The van der Waals surface area contributed by atoms with Crippen LogP contribution in [0.5, 0.6) is 0 Å². The van der Waals surface area contributed by atoms with Crippen LogP contribution in [0.4, 0.5) is 0 Å². The number of pyridine rings is 1. The molecule has 1 amide bonds. The second-order valence-electron chi connectivity index (χ2n) is 10.9. The van der Waals surface area contributed by atoms with Crippen LogP contribution in [0.1, 0.15) is 54.8 Å². The molecular weight excluding hydrogens is 526 g/mol. The van der Waals surface area contributed by atoms with Crippen LogP contribution in [0.25, 0.3) is 33.6 Å². The number of hydrogen-bond acceptors (Lipinski definition) is 6. The lowest BCUT2D eigenvalue weighted by Crippen LogP contribution is -2.36. The van der Waals surface area contributed by atoms with E-state index in [1.54, 1.807) is 13.2 Å². The highest BCUT2D eigenvalue weighted by molar-refractivity contribution is 7.84. The van der Waals surface area contributed by atoms with E-state index in [1.165, 1.54) is 0 Å². The molecule has 0 radical (unpaired) electrons. The lowest BCUT2D eigenvalue weighted by atomic mass is 9.95. The first kappa shape index (κ1) is 28.2. The van der Waals surface area contributed by atoms with E-state index in [1.807, 2.05) is 79.7 Å². The van der Waals surface area contributed by atoms with Crippen molar-refractivity contribution in [1.82, 2.24) is 14.6 Å². The van der Waals surface area contributed by atoms with Gasteiger partial charge in [-0.15, -0.1) is 0 Å². The Labute approximate surface area is 237 Å². The fraction of sp³-hybridized carbons (Fsp3) is 0.355. The predicted octanol–water partition coefficient (Wildman–Crippen LogP) is 5.24. The minimum Gasteiger partial charge on any atom is -0.456 e. The minimum absolute atomic E-state index is 0.0698. The number of methoxy groups -OCH3 is 1. The highest BCUT2D eigenvalue weighted by Crippen LogP contribution is 2.44. The highest BCUT2D eigenvalue weighted by atomic mass is 32.2. The summed E-state index contributed by atoms with van der Waals surface area (Å²) in [7, 11) is 0.242. The number of carbonyl (C=O) groups excluding carboxylic acids is 1. The Morgan fingerprint density at radius 1 is 1.15 bits per heavy atom. The third-order valence-corrected chi connectivity index (χ3v) is 8.82. The number of aromatic nitrogens is 1. The van der Waals surface area contributed by atoms with Crippen LogP contribution in [0.2, 0.25) is 0 Å². The molecule has 0 saturated heterocycles. The van der Waals surface area contributed by atoms with Crippen LogP contribution < -0.4 is 5.32 Å². The molecule has 8 nitrogen and oxygen atoms in total. The summed E-state index contributed by atoms with van der Waals surface area (Å²) in [6, 6.07) is 19.2. The molecule has 0 spiro atoms. The van der Waals surface area contributed by atoms with Gasteiger partial charge in [0.05, 0.1) is 23.1 Å². The van der Waals surface area contributed by atoms with Gasteiger partial charge in [-0.3, -0.25) is 4.79 Å². The Bertz CT molecular complexity index is 1530. The quantitative estimate of drug-likeness (QED) is 0.271. The summed E-state index contributed by atoms with van der Waals surface area (Å²) in [6.45, 7) is 6.88. The van der Waals surface area contributed by atoms with E-state index >= 15 is 0 Å². The maximum absolute atomic E-state index is 13.6. The molecule has 3 heterocycles. The first-order valence-electron chi connectivity index (χ1n) is 13.4. The number of furan rings is 1. The lowest BCUT2D eigenvalue weighted by molar-refractivity contribution is 0.0932. The van der Waals surface area contributed by atoms with E-state index in [4.69, 9.17) is 14.1 Å². The maximum atomic E-state index is 13.6. The van der Waals surface area contributed by atoms with Crippen LogP contribution in [-0.4, -0.2) is 56.1 Å². The molecule has 210 valence electrons. The molecule has 9 heteroatoms. The summed E-state index contributed by atoms with van der Waals surface area (Å²) in [5, 5.41) is 13.9. The number of aliphatic hydroxyl groups is 1. The van der Waals surface area contributed by atoms with Crippen LogP contribution in [0, 0.1) is 0 Å². The molecule has 2 aromatic carbocycles. The lowest BCUT2D eigenvalue weighted by Gasteiger charge is -2.30. The van der Waals surface area contributed by atoms with E-state index in [2.05, 4.69) is 5.32 Å². The monoisotopic (exact) mass is 561 g/mol. The van der Waals surface area contributed by atoms with Gasteiger partial charge in [-0.1, -0.05) is 36.4 Å². The van der Waals surface area contributed by atoms with Crippen molar-refractivity contribution >= 4 is 27.9 Å². The zero-order valence-electron chi connectivity index (χ0n) is 23.3. The van der Waals surface area contributed by atoms with E-state index in [0.717, 1.165) is 39.0 Å². The van der Waals surface area contributed by atoms with Crippen molar-refractivity contribution in [3.63, 3.8) is 0 Å². The summed E-state index contributed by atoms with van der Waals surface area (Å²) in [5.74, 6) is 0.430. The number of nitrogens with zero attached hydrogens (tertiary/aromatic N) is 2. The number of para-hydroxylation sites is 1. The number of aliphatic hydroxyl groups excluding tert-OH is 1. The van der Waals surface area contributed by atoms with Gasteiger partial charge < -0.3 is 19.6 Å². The van der Waals surface area contributed by atoms with E-state index in [0.29, 0.717) is 31.8 Å². The second kappa shape index (κ2) is 11.6. The smallest absolute Gasteiger partial charge is 0.269 e. The van der Waals surface area contributed by atoms with Gasteiger partial charge in [0.2, 0.25) is 0 Å². The third-order valence-electron chi connectivity index (χ3n) is 6.96. The SMILES string of the molecule is COCCNC(=O)c1cc2c(c(-c3cccc(-c4cc5ccccc5o4)c3)n1)[C@H](CCO)N([S@@](=O)C(C)(C)C)C2.